The summed E-state index contributed by atoms with van der Waals surface area (Å²) in [7, 11) is 0. The largest absolute Gasteiger partial charge is 0.384 e. The number of halogens is 1. The van der Waals surface area contributed by atoms with Crippen molar-refractivity contribution in [2.24, 2.45) is 0 Å². The Kier molecular flexibility index (Phi) is 7.70. The van der Waals surface area contributed by atoms with Gasteiger partial charge in [0.2, 0.25) is 0 Å². The molecule has 0 atom stereocenters. The van der Waals surface area contributed by atoms with Gasteiger partial charge in [0, 0.05) is 39.5 Å². The fourth-order valence-corrected chi connectivity index (χ4v) is 4.61. The quantitative estimate of drug-likeness (QED) is 0.298. The molecule has 0 spiro atoms. The maximum atomic E-state index is 13.1. The van der Waals surface area contributed by atoms with Crippen molar-refractivity contribution in [2.75, 3.05) is 18.4 Å². The van der Waals surface area contributed by atoms with Crippen molar-refractivity contribution in [1.29, 1.82) is 0 Å². The molecule has 156 valence electrons. The van der Waals surface area contributed by atoms with Gasteiger partial charge in [-0.05, 0) is 40.9 Å². The van der Waals surface area contributed by atoms with E-state index in [1.54, 1.807) is 0 Å². The Morgan fingerprint density at radius 1 is 0.897 bits per heavy atom. The number of carbonyl (C=O) groups is 2. The number of nitrogens with one attached hydrogen (secondary N) is 1. The highest BCUT2D eigenvalue weighted by Gasteiger charge is 2.33. The van der Waals surface area contributed by atoms with Gasteiger partial charge in [0.25, 0.3) is 11.8 Å². The van der Waals surface area contributed by atoms with Gasteiger partial charge in [0.1, 0.15) is 0 Å². The average molecular weight is 459 g/mol. The molecule has 4 nitrogen and oxygen atoms in total. The van der Waals surface area contributed by atoms with E-state index < -0.39 is 0 Å². The minimum Gasteiger partial charge on any atom is -0.384 e. The number of nitrogens with zero attached hydrogens (tertiary/aromatic N) is 1. The Balaban J connectivity index is 1.90. The molecule has 0 radical (unpaired) electrons. The second-order valence-corrected chi connectivity index (χ2v) is 8.67. The number of unbranched alkanes of at least 4 members (excludes halogenated alkanes) is 6. The van der Waals surface area contributed by atoms with Gasteiger partial charge in [-0.1, -0.05) is 64.5 Å². The highest BCUT2D eigenvalue weighted by atomic mass is 79.9. The fourth-order valence-electron chi connectivity index (χ4n) is 4.03. The Hall–Kier alpha value is -1.88. The van der Waals surface area contributed by atoms with E-state index >= 15 is 0 Å². The van der Waals surface area contributed by atoms with Gasteiger partial charge in [0.15, 0.2) is 0 Å². The molecular formula is C24H31BrN2O2. The van der Waals surface area contributed by atoms with E-state index in [2.05, 4.69) is 35.1 Å². The van der Waals surface area contributed by atoms with Crippen LogP contribution in [0.5, 0.6) is 0 Å². The summed E-state index contributed by atoms with van der Waals surface area (Å²) < 4.78 is 0.876. The summed E-state index contributed by atoms with van der Waals surface area (Å²) in [4.78, 5) is 27.6. The van der Waals surface area contributed by atoms with Crippen LogP contribution in [0.4, 0.5) is 5.69 Å². The maximum absolute atomic E-state index is 13.1. The first-order valence-corrected chi connectivity index (χ1v) is 11.7. The summed E-state index contributed by atoms with van der Waals surface area (Å²) in [5.74, 6) is -0.341. The van der Waals surface area contributed by atoms with Gasteiger partial charge in [-0.2, -0.15) is 0 Å². The molecule has 0 unspecified atom stereocenters. The molecule has 0 aliphatic carbocycles. The lowest BCUT2D eigenvalue weighted by atomic mass is 9.92. The molecule has 2 aromatic carbocycles. The zero-order valence-corrected chi connectivity index (χ0v) is 19.1. The Morgan fingerprint density at radius 2 is 1.59 bits per heavy atom. The fraction of sp³-hybridized carbons (Fsp3) is 0.500. The third kappa shape index (κ3) is 4.66. The molecule has 2 amide bonds. The van der Waals surface area contributed by atoms with E-state index in [0.29, 0.717) is 17.7 Å². The van der Waals surface area contributed by atoms with E-state index in [1.165, 1.54) is 24.2 Å². The number of rotatable bonds is 11. The summed E-state index contributed by atoms with van der Waals surface area (Å²) >= 11 is 3.66. The topological polar surface area (TPSA) is 49.4 Å². The molecule has 1 heterocycles. The summed E-state index contributed by atoms with van der Waals surface area (Å²) in [6.07, 6.45) is 8.91. The molecule has 0 saturated carbocycles. The molecule has 0 saturated heterocycles. The lowest BCUT2D eigenvalue weighted by Crippen LogP contribution is -2.41. The molecular weight excluding hydrogens is 428 g/mol. The zero-order valence-electron chi connectivity index (χ0n) is 17.5. The lowest BCUT2D eigenvalue weighted by Gasteiger charge is -2.28. The molecule has 2 aromatic rings. The average Bonchev–Trinajstić information content (AvgIpc) is 2.72. The normalized spacial score (nSPS) is 13.4. The van der Waals surface area contributed by atoms with Crippen LogP contribution >= 0.6 is 15.9 Å². The van der Waals surface area contributed by atoms with E-state index in [9.17, 15) is 9.59 Å². The molecule has 0 fully saturated rings. The van der Waals surface area contributed by atoms with Crippen LogP contribution in [0.1, 0.15) is 85.9 Å². The summed E-state index contributed by atoms with van der Waals surface area (Å²) in [5.41, 5.74) is 2.22. The predicted octanol–water partition coefficient (Wildman–Crippen LogP) is 6.77. The van der Waals surface area contributed by atoms with Gasteiger partial charge in [-0.25, -0.2) is 0 Å². The van der Waals surface area contributed by atoms with Crippen molar-refractivity contribution in [1.82, 2.24) is 4.90 Å². The number of amides is 2. The molecule has 3 rings (SSSR count). The highest BCUT2D eigenvalue weighted by molar-refractivity contribution is 9.10. The first-order valence-electron chi connectivity index (χ1n) is 10.9. The maximum Gasteiger partial charge on any atom is 0.261 e. The van der Waals surface area contributed by atoms with Gasteiger partial charge in [-0.3, -0.25) is 14.5 Å². The molecule has 0 aromatic heterocycles. The van der Waals surface area contributed by atoms with Crippen LogP contribution < -0.4 is 5.32 Å². The van der Waals surface area contributed by atoms with Crippen LogP contribution in [-0.2, 0) is 0 Å². The second-order valence-electron chi connectivity index (χ2n) is 7.82. The van der Waals surface area contributed by atoms with Crippen molar-refractivity contribution in [3.05, 3.63) is 39.9 Å². The monoisotopic (exact) mass is 458 g/mol. The summed E-state index contributed by atoms with van der Waals surface area (Å²) in [5, 5.41) is 5.25. The van der Waals surface area contributed by atoms with Crippen LogP contribution in [0.15, 0.2) is 28.7 Å². The van der Waals surface area contributed by atoms with Gasteiger partial charge in [-0.15, -0.1) is 0 Å². The van der Waals surface area contributed by atoms with E-state index in [4.69, 9.17) is 0 Å². The first kappa shape index (κ1) is 21.8. The van der Waals surface area contributed by atoms with Crippen LogP contribution in [-0.4, -0.2) is 29.8 Å². The van der Waals surface area contributed by atoms with Crippen LogP contribution in [0.25, 0.3) is 10.8 Å². The number of benzene rings is 2. The lowest BCUT2D eigenvalue weighted by molar-refractivity contribution is 0.0608. The predicted molar refractivity (Wildman–Crippen MR) is 124 cm³/mol. The van der Waals surface area contributed by atoms with E-state index in [-0.39, 0.29) is 11.8 Å². The molecule has 0 bridgehead atoms. The van der Waals surface area contributed by atoms with Crippen molar-refractivity contribution < 1.29 is 9.59 Å². The SMILES string of the molecule is CCCCCCNc1c(Br)cc2c3c(cccc13)C(=O)N(CCCCCC)C2=O. The number of anilines is 1. The van der Waals surface area contributed by atoms with Crippen molar-refractivity contribution in [3.8, 4) is 0 Å². The van der Waals surface area contributed by atoms with E-state index in [1.807, 2.05) is 24.3 Å². The number of hydrogen-bond acceptors (Lipinski definition) is 3. The standard InChI is InChI=1S/C24H31BrN2O2/c1-3-5-7-9-14-26-22-17-12-11-13-18-21(17)19(16-20(22)25)24(29)27(23(18)28)15-10-8-6-4-2/h11-13,16,26H,3-10,14-15H2,1-2H3. The summed E-state index contributed by atoms with van der Waals surface area (Å²) in [6, 6.07) is 7.64. The minimum atomic E-state index is -0.176. The third-order valence-corrected chi connectivity index (χ3v) is 6.26. The van der Waals surface area contributed by atoms with Crippen molar-refractivity contribution in [2.45, 2.75) is 65.2 Å². The number of carbonyl (C=O) groups excluding carboxylic acids is 2. The first-order chi connectivity index (χ1) is 14.1. The number of imide groups is 1. The van der Waals surface area contributed by atoms with Crippen LogP contribution in [0.3, 0.4) is 0 Å². The second kappa shape index (κ2) is 10.2. The Bertz CT molecular complexity index is 894. The third-order valence-electron chi connectivity index (χ3n) is 5.63. The minimum absolute atomic E-state index is 0.166. The van der Waals surface area contributed by atoms with Crippen LogP contribution in [0.2, 0.25) is 0 Å². The van der Waals surface area contributed by atoms with Crippen molar-refractivity contribution >= 4 is 44.2 Å². The Morgan fingerprint density at radius 3 is 2.31 bits per heavy atom. The van der Waals surface area contributed by atoms with Gasteiger partial charge >= 0.3 is 0 Å². The molecule has 29 heavy (non-hydrogen) atoms. The molecule has 1 N–H and O–H groups in total. The number of hydrogen-bond donors (Lipinski definition) is 1. The zero-order chi connectivity index (χ0) is 20.8. The smallest absolute Gasteiger partial charge is 0.261 e. The highest BCUT2D eigenvalue weighted by Crippen LogP contribution is 2.39. The molecule has 5 heteroatoms. The summed E-state index contributed by atoms with van der Waals surface area (Å²) in [6.45, 7) is 5.73. The van der Waals surface area contributed by atoms with Gasteiger partial charge < -0.3 is 5.32 Å². The van der Waals surface area contributed by atoms with Crippen LogP contribution in [0, 0.1) is 0 Å². The Labute approximate surface area is 182 Å². The van der Waals surface area contributed by atoms with E-state index in [0.717, 1.165) is 59.6 Å². The van der Waals surface area contributed by atoms with Crippen molar-refractivity contribution in [3.63, 3.8) is 0 Å². The molecule has 1 aliphatic rings. The van der Waals surface area contributed by atoms with Gasteiger partial charge in [0.05, 0.1) is 5.69 Å². The molecule has 1 aliphatic heterocycles.